The van der Waals surface area contributed by atoms with Crippen LogP contribution in [0.15, 0.2) is 12.1 Å². The average Bonchev–Trinajstić information content (AvgIpc) is 2.87. The van der Waals surface area contributed by atoms with Crippen LogP contribution in [-0.2, 0) is 0 Å². The Morgan fingerprint density at radius 2 is 1.95 bits per heavy atom. The standard InChI is InChI=1S/C15H21NO3S/c1-11-7-12(2)14(8-13(11)16(17)18)19-9-15(10-20)5-3-4-6-15/h7-8,20H,3-6,9-10H2,1-2H3. The van der Waals surface area contributed by atoms with E-state index < -0.39 is 0 Å². The van der Waals surface area contributed by atoms with Crippen LogP contribution in [0.3, 0.4) is 0 Å². The van der Waals surface area contributed by atoms with Crippen molar-refractivity contribution in [1.29, 1.82) is 0 Å². The molecule has 4 nitrogen and oxygen atoms in total. The van der Waals surface area contributed by atoms with E-state index in [0.29, 0.717) is 17.9 Å². The fourth-order valence-electron chi connectivity index (χ4n) is 2.88. The largest absolute Gasteiger partial charge is 0.492 e. The van der Waals surface area contributed by atoms with Gasteiger partial charge in [-0.1, -0.05) is 12.8 Å². The summed E-state index contributed by atoms with van der Waals surface area (Å²) in [6, 6.07) is 3.36. The summed E-state index contributed by atoms with van der Waals surface area (Å²) in [7, 11) is 0. The summed E-state index contributed by atoms with van der Waals surface area (Å²) < 4.78 is 5.91. The van der Waals surface area contributed by atoms with Crippen LogP contribution in [0.1, 0.15) is 36.8 Å². The molecule has 1 saturated carbocycles. The maximum absolute atomic E-state index is 11.0. The second-order valence-corrected chi connectivity index (χ2v) is 6.13. The van der Waals surface area contributed by atoms with Gasteiger partial charge >= 0.3 is 0 Å². The lowest BCUT2D eigenvalue weighted by atomic mass is 9.90. The van der Waals surface area contributed by atoms with Crippen LogP contribution >= 0.6 is 12.6 Å². The number of nitro groups is 1. The SMILES string of the molecule is Cc1cc(C)c([N+](=O)[O-])cc1OCC1(CS)CCCC1. The molecule has 0 saturated heterocycles. The topological polar surface area (TPSA) is 52.4 Å². The molecule has 110 valence electrons. The van der Waals surface area contributed by atoms with Crippen molar-refractivity contribution in [3.05, 3.63) is 33.4 Å². The molecule has 1 fully saturated rings. The zero-order chi connectivity index (χ0) is 14.8. The molecule has 0 unspecified atom stereocenters. The van der Waals surface area contributed by atoms with Crippen LogP contribution in [0.25, 0.3) is 0 Å². The highest BCUT2D eigenvalue weighted by Gasteiger charge is 2.33. The predicted molar refractivity (Wildman–Crippen MR) is 82.8 cm³/mol. The normalized spacial score (nSPS) is 17.1. The van der Waals surface area contributed by atoms with E-state index in [9.17, 15) is 10.1 Å². The molecule has 5 heteroatoms. The van der Waals surface area contributed by atoms with Gasteiger partial charge in [-0.15, -0.1) is 0 Å². The molecule has 0 aliphatic heterocycles. The molecule has 0 bridgehead atoms. The molecular weight excluding hydrogens is 274 g/mol. The Bertz CT molecular complexity index is 510. The summed E-state index contributed by atoms with van der Waals surface area (Å²) in [6.45, 7) is 4.27. The Kier molecular flexibility index (Phi) is 4.58. The highest BCUT2D eigenvalue weighted by molar-refractivity contribution is 7.80. The number of rotatable bonds is 5. The van der Waals surface area contributed by atoms with Gasteiger partial charge < -0.3 is 4.74 Å². The molecule has 1 aliphatic rings. The van der Waals surface area contributed by atoms with E-state index in [2.05, 4.69) is 12.6 Å². The molecule has 0 aromatic heterocycles. The minimum atomic E-state index is -0.356. The smallest absolute Gasteiger partial charge is 0.276 e. The third kappa shape index (κ3) is 3.08. The molecule has 1 aromatic rings. The van der Waals surface area contributed by atoms with E-state index in [1.807, 2.05) is 13.0 Å². The van der Waals surface area contributed by atoms with Crippen molar-refractivity contribution in [2.75, 3.05) is 12.4 Å². The molecule has 0 N–H and O–H groups in total. The Labute approximate surface area is 125 Å². The molecule has 0 spiro atoms. The van der Waals surface area contributed by atoms with Gasteiger partial charge in [0.05, 0.1) is 17.6 Å². The molecule has 0 atom stereocenters. The number of hydrogen-bond donors (Lipinski definition) is 1. The quantitative estimate of drug-likeness (QED) is 0.506. The molecule has 20 heavy (non-hydrogen) atoms. The first kappa shape index (κ1) is 15.2. The number of ether oxygens (including phenoxy) is 1. The van der Waals surface area contributed by atoms with Crippen molar-refractivity contribution in [1.82, 2.24) is 0 Å². The molecule has 1 aliphatic carbocycles. The highest BCUT2D eigenvalue weighted by atomic mass is 32.1. The molecule has 1 aromatic carbocycles. The maximum Gasteiger partial charge on any atom is 0.276 e. The second kappa shape index (κ2) is 6.04. The van der Waals surface area contributed by atoms with E-state index in [-0.39, 0.29) is 16.0 Å². The van der Waals surface area contributed by atoms with Gasteiger partial charge in [0.15, 0.2) is 0 Å². The molecule has 2 rings (SSSR count). The Balaban J connectivity index is 2.17. The van der Waals surface area contributed by atoms with Crippen molar-refractivity contribution in [3.8, 4) is 5.75 Å². The Morgan fingerprint density at radius 3 is 2.50 bits per heavy atom. The third-order valence-corrected chi connectivity index (χ3v) is 4.89. The molecular formula is C15H21NO3S. The average molecular weight is 295 g/mol. The number of nitrogens with zero attached hydrogens (tertiary/aromatic N) is 1. The van der Waals surface area contributed by atoms with Crippen molar-refractivity contribution in [3.63, 3.8) is 0 Å². The van der Waals surface area contributed by atoms with Crippen LogP contribution in [-0.4, -0.2) is 17.3 Å². The van der Waals surface area contributed by atoms with E-state index in [0.717, 1.165) is 24.2 Å². The summed E-state index contributed by atoms with van der Waals surface area (Å²) in [6.07, 6.45) is 4.70. The number of nitro benzene ring substituents is 1. The van der Waals surface area contributed by atoms with Gasteiger partial charge in [0, 0.05) is 11.0 Å². The van der Waals surface area contributed by atoms with Gasteiger partial charge in [-0.05, 0) is 44.1 Å². The van der Waals surface area contributed by atoms with Gasteiger partial charge in [-0.25, -0.2) is 0 Å². The van der Waals surface area contributed by atoms with Crippen LogP contribution in [0.5, 0.6) is 5.75 Å². The second-order valence-electron chi connectivity index (χ2n) is 5.82. The van der Waals surface area contributed by atoms with Gasteiger partial charge in [0.25, 0.3) is 5.69 Å². The summed E-state index contributed by atoms with van der Waals surface area (Å²) in [4.78, 5) is 10.6. The fraction of sp³-hybridized carbons (Fsp3) is 0.600. The maximum atomic E-state index is 11.0. The fourth-order valence-corrected chi connectivity index (χ4v) is 3.29. The minimum Gasteiger partial charge on any atom is -0.492 e. The number of hydrogen-bond acceptors (Lipinski definition) is 4. The van der Waals surface area contributed by atoms with Gasteiger partial charge in [-0.3, -0.25) is 10.1 Å². The summed E-state index contributed by atoms with van der Waals surface area (Å²) in [5.74, 6) is 1.43. The van der Waals surface area contributed by atoms with E-state index >= 15 is 0 Å². The summed E-state index contributed by atoms with van der Waals surface area (Å²) in [5.41, 5.74) is 1.87. The summed E-state index contributed by atoms with van der Waals surface area (Å²) >= 11 is 4.45. The first-order valence-electron chi connectivity index (χ1n) is 6.97. The zero-order valence-electron chi connectivity index (χ0n) is 12.0. The lowest BCUT2D eigenvalue weighted by molar-refractivity contribution is -0.385. The number of benzene rings is 1. The summed E-state index contributed by atoms with van der Waals surface area (Å²) in [5, 5.41) is 11.0. The molecule has 0 heterocycles. The van der Waals surface area contributed by atoms with E-state index in [1.165, 1.54) is 12.8 Å². The lowest BCUT2D eigenvalue weighted by Gasteiger charge is -2.27. The van der Waals surface area contributed by atoms with Crippen LogP contribution in [0, 0.1) is 29.4 Å². The zero-order valence-corrected chi connectivity index (χ0v) is 12.9. The predicted octanol–water partition coefficient (Wildman–Crippen LogP) is 4.08. The van der Waals surface area contributed by atoms with E-state index in [4.69, 9.17) is 4.74 Å². The van der Waals surface area contributed by atoms with Crippen molar-refractivity contribution >= 4 is 18.3 Å². The van der Waals surface area contributed by atoms with Gasteiger partial charge in [0.2, 0.25) is 0 Å². The van der Waals surface area contributed by atoms with Crippen LogP contribution < -0.4 is 4.74 Å². The monoisotopic (exact) mass is 295 g/mol. The van der Waals surface area contributed by atoms with Gasteiger partial charge in [0.1, 0.15) is 5.75 Å². The molecule has 0 amide bonds. The number of aryl methyl sites for hydroxylation is 2. The lowest BCUT2D eigenvalue weighted by Crippen LogP contribution is -2.27. The Morgan fingerprint density at radius 1 is 1.30 bits per heavy atom. The number of thiol groups is 1. The minimum absolute atomic E-state index is 0.122. The highest BCUT2D eigenvalue weighted by Crippen LogP contribution is 2.40. The van der Waals surface area contributed by atoms with Gasteiger partial charge in [-0.2, -0.15) is 12.6 Å². The van der Waals surface area contributed by atoms with Crippen molar-refractivity contribution in [2.24, 2.45) is 5.41 Å². The van der Waals surface area contributed by atoms with Crippen molar-refractivity contribution in [2.45, 2.75) is 39.5 Å². The van der Waals surface area contributed by atoms with Crippen molar-refractivity contribution < 1.29 is 9.66 Å². The van der Waals surface area contributed by atoms with Crippen LogP contribution in [0.4, 0.5) is 5.69 Å². The van der Waals surface area contributed by atoms with Crippen LogP contribution in [0.2, 0.25) is 0 Å². The Hall–Kier alpha value is -1.23. The first-order valence-corrected chi connectivity index (χ1v) is 7.60. The third-order valence-electron chi connectivity index (χ3n) is 4.22. The van der Waals surface area contributed by atoms with E-state index in [1.54, 1.807) is 13.0 Å². The first-order chi connectivity index (χ1) is 9.47. The molecule has 0 radical (unpaired) electrons.